The summed E-state index contributed by atoms with van der Waals surface area (Å²) in [7, 11) is -4.23. The fourth-order valence-corrected chi connectivity index (χ4v) is 6.54. The predicted molar refractivity (Wildman–Crippen MR) is 154 cm³/mol. The molecule has 3 heterocycles. The lowest BCUT2D eigenvalue weighted by atomic mass is 10.00. The number of rotatable bonds is 12. The maximum absolute atomic E-state index is 13.7. The minimum atomic E-state index is -4.23. The molecule has 1 unspecified atom stereocenters. The smallest absolute Gasteiger partial charge is 0.406 e. The van der Waals surface area contributed by atoms with Crippen LogP contribution in [0.4, 0.5) is 5.82 Å². The normalized spacial score (nSPS) is 23.0. The first-order chi connectivity index (χ1) is 19.0. The highest BCUT2D eigenvalue weighted by Gasteiger charge is 2.56. The standard InChI is InChI=1S/C23H35Cl2N6O8PS/c1-12(2)38-19(33)13(3)30-40(35,36-7-8-41-21(34)22(4,5)6)37-9-14-16(32)23(24,25)20(39-14)31-11-29-15-17(26)27-10-28-18(15)31/h10-14,16,20,32H,7-9H2,1-6H3,(H,30,35)(H2,26,27,28)/t13-,14-,16-,20-,40?/m1/s1. The number of halogens is 2. The van der Waals surface area contributed by atoms with Gasteiger partial charge >= 0.3 is 13.7 Å². The fourth-order valence-electron chi connectivity index (χ4n) is 3.56. The molecule has 4 N–H and O–H groups in total. The maximum Gasteiger partial charge on any atom is 0.406 e. The Morgan fingerprint density at radius 3 is 2.59 bits per heavy atom. The Kier molecular flexibility index (Phi) is 11.1. The van der Waals surface area contributed by atoms with E-state index in [-0.39, 0.29) is 34.5 Å². The van der Waals surface area contributed by atoms with Crippen LogP contribution < -0.4 is 10.8 Å². The van der Waals surface area contributed by atoms with Gasteiger partial charge in [-0.3, -0.25) is 23.2 Å². The Hall–Kier alpha value is -1.55. The summed E-state index contributed by atoms with van der Waals surface area (Å²) in [4.78, 5) is 36.8. The van der Waals surface area contributed by atoms with Crippen molar-refractivity contribution in [3.8, 4) is 0 Å². The number of aliphatic hydroxyl groups excluding tert-OH is 1. The van der Waals surface area contributed by atoms with Crippen LogP contribution in [0.1, 0.15) is 47.8 Å². The molecule has 1 aliphatic rings. The number of aromatic nitrogens is 4. The molecule has 5 atom stereocenters. The lowest BCUT2D eigenvalue weighted by Gasteiger charge is -2.25. The van der Waals surface area contributed by atoms with Crippen molar-refractivity contribution in [1.82, 2.24) is 24.6 Å². The van der Waals surface area contributed by atoms with Crippen molar-refractivity contribution in [2.75, 3.05) is 24.7 Å². The number of fused-ring (bicyclic) bond motifs is 1. The van der Waals surface area contributed by atoms with Gasteiger partial charge in [-0.2, -0.15) is 0 Å². The molecule has 0 aromatic carbocycles. The zero-order valence-corrected chi connectivity index (χ0v) is 26.7. The molecule has 1 saturated heterocycles. The summed E-state index contributed by atoms with van der Waals surface area (Å²) in [5.41, 5.74) is 5.82. The highest BCUT2D eigenvalue weighted by Crippen LogP contribution is 2.50. The number of alkyl halides is 2. The third kappa shape index (κ3) is 8.30. The average molecular weight is 658 g/mol. The Bertz CT molecular complexity index is 1290. The van der Waals surface area contributed by atoms with E-state index in [1.165, 1.54) is 24.1 Å². The first-order valence-corrected chi connectivity index (χ1v) is 15.9. The number of ether oxygens (including phenoxy) is 2. The summed E-state index contributed by atoms with van der Waals surface area (Å²) in [6, 6.07) is -1.09. The van der Waals surface area contributed by atoms with Crippen molar-refractivity contribution < 1.29 is 37.8 Å². The molecule has 14 nitrogen and oxygen atoms in total. The second-order valence-electron chi connectivity index (χ2n) is 10.6. The summed E-state index contributed by atoms with van der Waals surface area (Å²) in [5.74, 6) is -0.388. The van der Waals surface area contributed by atoms with Crippen LogP contribution in [-0.4, -0.2) is 83.4 Å². The first kappa shape index (κ1) is 33.9. The number of carbonyl (C=O) groups is 2. The topological polar surface area (TPSA) is 190 Å². The number of carbonyl (C=O) groups excluding carboxylic acids is 2. The van der Waals surface area contributed by atoms with Gasteiger partial charge in [-0.15, -0.1) is 0 Å². The number of nitrogen functional groups attached to an aromatic ring is 1. The van der Waals surface area contributed by atoms with E-state index in [0.717, 1.165) is 11.8 Å². The molecule has 0 radical (unpaired) electrons. The van der Waals surface area contributed by atoms with Gasteiger partial charge in [0.2, 0.25) is 0 Å². The summed E-state index contributed by atoms with van der Waals surface area (Å²) >= 11 is 14.0. The van der Waals surface area contributed by atoms with Crippen LogP contribution in [-0.2, 0) is 32.7 Å². The maximum atomic E-state index is 13.7. The van der Waals surface area contributed by atoms with Crippen LogP contribution in [0.3, 0.4) is 0 Å². The van der Waals surface area contributed by atoms with E-state index in [4.69, 9.17) is 47.5 Å². The van der Waals surface area contributed by atoms with Gasteiger partial charge in [-0.25, -0.2) is 24.6 Å². The molecular formula is C23H35Cl2N6O8PS. The minimum absolute atomic E-state index is 0.0770. The van der Waals surface area contributed by atoms with Gasteiger partial charge in [0.05, 0.1) is 25.6 Å². The van der Waals surface area contributed by atoms with Crippen LogP contribution in [0.15, 0.2) is 12.7 Å². The Morgan fingerprint density at radius 2 is 1.95 bits per heavy atom. The average Bonchev–Trinajstić information content (AvgIpc) is 3.38. The lowest BCUT2D eigenvalue weighted by molar-refractivity contribution is -0.149. The molecule has 1 fully saturated rings. The summed E-state index contributed by atoms with van der Waals surface area (Å²) in [6.45, 7) is 9.45. The fraction of sp³-hybridized carbons (Fsp3) is 0.696. The van der Waals surface area contributed by atoms with E-state index >= 15 is 0 Å². The molecule has 2 aromatic heterocycles. The van der Waals surface area contributed by atoms with E-state index in [1.807, 2.05) is 0 Å². The second-order valence-corrected chi connectivity index (χ2v) is 14.9. The number of esters is 1. The van der Waals surface area contributed by atoms with Crippen molar-refractivity contribution in [3.63, 3.8) is 0 Å². The summed E-state index contributed by atoms with van der Waals surface area (Å²) in [6.07, 6.45) is -1.76. The lowest BCUT2D eigenvalue weighted by Crippen LogP contribution is -2.39. The van der Waals surface area contributed by atoms with Crippen LogP contribution >= 0.6 is 42.7 Å². The van der Waals surface area contributed by atoms with E-state index in [0.29, 0.717) is 0 Å². The number of nitrogens with zero attached hydrogens (tertiary/aromatic N) is 4. The van der Waals surface area contributed by atoms with E-state index < -0.39 is 60.7 Å². The third-order valence-corrected chi connectivity index (χ3v) is 9.46. The number of aliphatic hydroxyl groups is 1. The molecule has 0 saturated carbocycles. The number of thioether (sulfide) groups is 1. The quantitative estimate of drug-likeness (QED) is 0.131. The molecule has 0 aliphatic carbocycles. The van der Waals surface area contributed by atoms with Gasteiger partial charge < -0.3 is 20.3 Å². The monoisotopic (exact) mass is 656 g/mol. The van der Waals surface area contributed by atoms with Crippen LogP contribution in [0, 0.1) is 5.41 Å². The number of nitrogens with one attached hydrogen (secondary N) is 1. The molecule has 0 bridgehead atoms. The van der Waals surface area contributed by atoms with Crippen molar-refractivity contribution in [3.05, 3.63) is 12.7 Å². The number of anilines is 1. The van der Waals surface area contributed by atoms with Crippen molar-refractivity contribution in [2.45, 2.75) is 76.5 Å². The highest BCUT2D eigenvalue weighted by molar-refractivity contribution is 8.13. The molecule has 2 aromatic rings. The molecule has 1 aliphatic heterocycles. The van der Waals surface area contributed by atoms with Gasteiger partial charge in [0.25, 0.3) is 0 Å². The minimum Gasteiger partial charge on any atom is -0.462 e. The molecule has 230 valence electrons. The molecule has 3 rings (SSSR count). The second kappa shape index (κ2) is 13.4. The van der Waals surface area contributed by atoms with Crippen molar-refractivity contribution >= 4 is 70.8 Å². The van der Waals surface area contributed by atoms with Gasteiger partial charge in [0.15, 0.2) is 27.1 Å². The van der Waals surface area contributed by atoms with Gasteiger partial charge in [0.1, 0.15) is 30.1 Å². The predicted octanol–water partition coefficient (Wildman–Crippen LogP) is 3.22. The molecule has 41 heavy (non-hydrogen) atoms. The highest BCUT2D eigenvalue weighted by atomic mass is 35.5. The van der Waals surface area contributed by atoms with Crippen molar-refractivity contribution in [2.24, 2.45) is 5.41 Å². The Balaban J connectivity index is 1.74. The molecular weight excluding hydrogens is 622 g/mol. The van der Waals surface area contributed by atoms with Gasteiger partial charge in [-0.05, 0) is 20.8 Å². The number of imidazole rings is 1. The number of hydrogen-bond acceptors (Lipinski definition) is 13. The SMILES string of the molecule is CC(C)OC(=O)[C@@H](C)NP(=O)(OCCSC(=O)C(C)(C)C)OC[C@H]1O[C@@H](n2cnc3c(N)ncnc32)C(Cl)(Cl)[C@@H]1O. The Morgan fingerprint density at radius 1 is 1.27 bits per heavy atom. The third-order valence-electron chi connectivity index (χ3n) is 5.68. The first-order valence-electron chi connectivity index (χ1n) is 12.6. The van der Waals surface area contributed by atoms with Crippen LogP contribution in [0.5, 0.6) is 0 Å². The van der Waals surface area contributed by atoms with Crippen molar-refractivity contribution in [1.29, 1.82) is 0 Å². The zero-order chi connectivity index (χ0) is 30.8. The van der Waals surface area contributed by atoms with E-state index in [9.17, 15) is 19.3 Å². The number of hydrogen-bond donors (Lipinski definition) is 3. The largest absolute Gasteiger partial charge is 0.462 e. The van der Waals surface area contributed by atoms with E-state index in [2.05, 4.69) is 20.0 Å². The van der Waals surface area contributed by atoms with Crippen LogP contribution in [0.2, 0.25) is 0 Å². The Labute approximate surface area is 251 Å². The summed E-state index contributed by atoms with van der Waals surface area (Å²) < 4.78 is 35.4. The molecule has 0 spiro atoms. The molecule has 0 amide bonds. The van der Waals surface area contributed by atoms with Gasteiger partial charge in [0, 0.05) is 11.2 Å². The van der Waals surface area contributed by atoms with E-state index in [1.54, 1.807) is 34.6 Å². The van der Waals surface area contributed by atoms with Gasteiger partial charge in [-0.1, -0.05) is 55.7 Å². The molecule has 18 heteroatoms. The zero-order valence-electron chi connectivity index (χ0n) is 23.4. The number of nitrogens with two attached hydrogens (primary N) is 1. The summed E-state index contributed by atoms with van der Waals surface area (Å²) in [5, 5.41) is 13.4. The van der Waals surface area contributed by atoms with Crippen LogP contribution in [0.25, 0.3) is 11.2 Å².